The fraction of sp³-hybridized carbons (Fsp3) is 0.600. The van der Waals surface area contributed by atoms with Crippen LogP contribution in [0, 0.1) is 0 Å². The molecule has 0 aliphatic carbocycles. The molecule has 1 fully saturated rings. The first-order valence-corrected chi connectivity index (χ1v) is 6.89. The van der Waals surface area contributed by atoms with E-state index in [1.165, 1.54) is 5.56 Å². The van der Waals surface area contributed by atoms with E-state index in [0.29, 0.717) is 6.54 Å². The quantitative estimate of drug-likeness (QED) is 0.848. The SMILES string of the molecule is COc1cccc(CN(C)C(CN)C2CCCO2)c1. The fourth-order valence-corrected chi connectivity index (χ4v) is 2.70. The van der Waals surface area contributed by atoms with Gasteiger partial charge in [0.1, 0.15) is 5.75 Å². The molecule has 19 heavy (non-hydrogen) atoms. The van der Waals surface area contributed by atoms with Crippen LogP contribution in [-0.2, 0) is 11.3 Å². The van der Waals surface area contributed by atoms with Gasteiger partial charge < -0.3 is 15.2 Å². The van der Waals surface area contributed by atoms with Crippen LogP contribution in [0.2, 0.25) is 0 Å². The molecule has 1 aliphatic rings. The lowest BCUT2D eigenvalue weighted by Gasteiger charge is -2.31. The summed E-state index contributed by atoms with van der Waals surface area (Å²) in [6.07, 6.45) is 2.54. The highest BCUT2D eigenvalue weighted by molar-refractivity contribution is 5.28. The minimum Gasteiger partial charge on any atom is -0.497 e. The van der Waals surface area contributed by atoms with Crippen LogP contribution in [0.4, 0.5) is 0 Å². The number of hydrogen-bond donors (Lipinski definition) is 1. The van der Waals surface area contributed by atoms with Gasteiger partial charge in [-0.1, -0.05) is 12.1 Å². The van der Waals surface area contributed by atoms with Crippen LogP contribution in [0.5, 0.6) is 5.75 Å². The number of nitrogens with two attached hydrogens (primary N) is 1. The first-order chi connectivity index (χ1) is 9.24. The predicted molar refractivity (Wildman–Crippen MR) is 76.3 cm³/mol. The molecule has 2 rings (SSSR count). The average Bonchev–Trinajstić information content (AvgIpc) is 2.93. The van der Waals surface area contributed by atoms with Gasteiger partial charge in [0.05, 0.1) is 13.2 Å². The van der Waals surface area contributed by atoms with Crippen LogP contribution in [-0.4, -0.2) is 44.4 Å². The Labute approximate surface area is 115 Å². The molecule has 1 aliphatic heterocycles. The molecule has 4 heteroatoms. The molecule has 2 N–H and O–H groups in total. The number of nitrogens with zero attached hydrogens (tertiary/aromatic N) is 1. The van der Waals surface area contributed by atoms with Gasteiger partial charge in [0.15, 0.2) is 0 Å². The lowest BCUT2D eigenvalue weighted by molar-refractivity contribution is 0.0347. The van der Waals surface area contributed by atoms with Gasteiger partial charge in [-0.3, -0.25) is 4.90 Å². The molecule has 1 aromatic rings. The van der Waals surface area contributed by atoms with Crippen LogP contribution in [0.3, 0.4) is 0 Å². The van der Waals surface area contributed by atoms with Crippen molar-refractivity contribution in [2.45, 2.75) is 31.5 Å². The minimum atomic E-state index is 0.278. The molecule has 2 unspecified atom stereocenters. The molecule has 0 aromatic heterocycles. The highest BCUT2D eigenvalue weighted by atomic mass is 16.5. The zero-order valence-corrected chi connectivity index (χ0v) is 11.8. The van der Waals surface area contributed by atoms with E-state index < -0.39 is 0 Å². The minimum absolute atomic E-state index is 0.278. The summed E-state index contributed by atoms with van der Waals surface area (Å²) in [5.74, 6) is 0.896. The molecular formula is C15H24N2O2. The number of rotatable bonds is 6. The van der Waals surface area contributed by atoms with E-state index in [-0.39, 0.29) is 12.1 Å². The summed E-state index contributed by atoms with van der Waals surface area (Å²) in [6, 6.07) is 8.45. The Morgan fingerprint density at radius 1 is 1.53 bits per heavy atom. The van der Waals surface area contributed by atoms with Crippen molar-refractivity contribution in [1.29, 1.82) is 0 Å². The van der Waals surface area contributed by atoms with Crippen molar-refractivity contribution in [3.63, 3.8) is 0 Å². The summed E-state index contributed by atoms with van der Waals surface area (Å²) >= 11 is 0. The van der Waals surface area contributed by atoms with E-state index in [2.05, 4.69) is 24.1 Å². The van der Waals surface area contributed by atoms with Crippen LogP contribution >= 0.6 is 0 Å². The molecule has 0 amide bonds. The van der Waals surface area contributed by atoms with Crippen molar-refractivity contribution >= 4 is 0 Å². The summed E-state index contributed by atoms with van der Waals surface area (Å²) in [5, 5.41) is 0. The molecule has 4 nitrogen and oxygen atoms in total. The van der Waals surface area contributed by atoms with Crippen molar-refractivity contribution in [2.24, 2.45) is 5.73 Å². The van der Waals surface area contributed by atoms with Crippen molar-refractivity contribution in [2.75, 3.05) is 27.3 Å². The van der Waals surface area contributed by atoms with Gasteiger partial charge in [0.25, 0.3) is 0 Å². The Bertz CT molecular complexity index is 391. The van der Waals surface area contributed by atoms with Crippen molar-refractivity contribution < 1.29 is 9.47 Å². The molecule has 1 saturated heterocycles. The zero-order chi connectivity index (χ0) is 13.7. The fourth-order valence-electron chi connectivity index (χ4n) is 2.70. The Balaban J connectivity index is 1.99. The van der Waals surface area contributed by atoms with Crippen LogP contribution in [0.25, 0.3) is 0 Å². The zero-order valence-electron chi connectivity index (χ0n) is 11.8. The maximum atomic E-state index is 5.92. The normalized spacial score (nSPS) is 20.7. The maximum absolute atomic E-state index is 5.92. The lowest BCUT2D eigenvalue weighted by Crippen LogP contribution is -2.45. The van der Waals surface area contributed by atoms with Gasteiger partial charge in [-0.2, -0.15) is 0 Å². The summed E-state index contributed by atoms with van der Waals surface area (Å²) in [4.78, 5) is 2.28. The first-order valence-electron chi connectivity index (χ1n) is 6.89. The monoisotopic (exact) mass is 264 g/mol. The summed E-state index contributed by atoms with van der Waals surface area (Å²) < 4.78 is 11.0. The van der Waals surface area contributed by atoms with E-state index in [0.717, 1.165) is 31.7 Å². The van der Waals surface area contributed by atoms with Crippen molar-refractivity contribution in [3.8, 4) is 5.75 Å². The number of methoxy groups -OCH3 is 1. The third kappa shape index (κ3) is 3.69. The second-order valence-electron chi connectivity index (χ2n) is 5.12. The molecule has 1 heterocycles. The van der Waals surface area contributed by atoms with Gasteiger partial charge >= 0.3 is 0 Å². The summed E-state index contributed by atoms with van der Waals surface area (Å²) in [7, 11) is 3.80. The van der Waals surface area contributed by atoms with Gasteiger partial charge in [0.2, 0.25) is 0 Å². The van der Waals surface area contributed by atoms with E-state index >= 15 is 0 Å². The first kappa shape index (κ1) is 14.3. The highest BCUT2D eigenvalue weighted by Crippen LogP contribution is 2.21. The Hall–Kier alpha value is -1.10. The van der Waals surface area contributed by atoms with E-state index in [9.17, 15) is 0 Å². The smallest absolute Gasteiger partial charge is 0.119 e. The number of ether oxygens (including phenoxy) is 2. The third-order valence-electron chi connectivity index (χ3n) is 3.77. The number of likely N-dealkylation sites (N-methyl/N-ethyl adjacent to an activating group) is 1. The van der Waals surface area contributed by atoms with Crippen LogP contribution in [0.1, 0.15) is 18.4 Å². The standard InChI is InChI=1S/C15H24N2O2/c1-17(14(10-16)15-7-4-8-19-15)11-12-5-3-6-13(9-12)18-2/h3,5-6,9,14-15H,4,7-8,10-11,16H2,1-2H3. The molecule has 0 spiro atoms. The summed E-state index contributed by atoms with van der Waals surface area (Å²) in [6.45, 7) is 2.36. The molecule has 1 aromatic carbocycles. The van der Waals surface area contributed by atoms with Gasteiger partial charge in [0, 0.05) is 25.7 Å². The topological polar surface area (TPSA) is 47.7 Å². The molecule has 0 radical (unpaired) electrons. The van der Waals surface area contributed by atoms with Gasteiger partial charge in [-0.25, -0.2) is 0 Å². The molecule has 0 bridgehead atoms. The van der Waals surface area contributed by atoms with E-state index in [1.54, 1.807) is 7.11 Å². The Kier molecular flexibility index (Phi) is 5.19. The van der Waals surface area contributed by atoms with Crippen LogP contribution in [0.15, 0.2) is 24.3 Å². The highest BCUT2D eigenvalue weighted by Gasteiger charge is 2.27. The van der Waals surface area contributed by atoms with Gasteiger partial charge in [-0.05, 0) is 37.6 Å². The Morgan fingerprint density at radius 3 is 3.00 bits per heavy atom. The third-order valence-corrected chi connectivity index (χ3v) is 3.77. The summed E-state index contributed by atoms with van der Waals surface area (Å²) in [5.41, 5.74) is 7.15. The molecular weight excluding hydrogens is 240 g/mol. The van der Waals surface area contributed by atoms with E-state index in [4.69, 9.17) is 15.2 Å². The van der Waals surface area contributed by atoms with Gasteiger partial charge in [-0.15, -0.1) is 0 Å². The molecule has 2 atom stereocenters. The lowest BCUT2D eigenvalue weighted by atomic mass is 10.1. The Morgan fingerprint density at radius 2 is 2.37 bits per heavy atom. The largest absolute Gasteiger partial charge is 0.497 e. The number of benzene rings is 1. The molecule has 106 valence electrons. The average molecular weight is 264 g/mol. The maximum Gasteiger partial charge on any atom is 0.119 e. The van der Waals surface area contributed by atoms with Crippen molar-refractivity contribution in [1.82, 2.24) is 4.90 Å². The predicted octanol–water partition coefficient (Wildman–Crippen LogP) is 1.63. The molecule has 0 saturated carbocycles. The number of hydrogen-bond acceptors (Lipinski definition) is 4. The van der Waals surface area contributed by atoms with Crippen molar-refractivity contribution in [3.05, 3.63) is 29.8 Å². The second kappa shape index (κ2) is 6.89. The van der Waals surface area contributed by atoms with Crippen LogP contribution < -0.4 is 10.5 Å². The second-order valence-corrected chi connectivity index (χ2v) is 5.12. The van der Waals surface area contributed by atoms with E-state index in [1.807, 2.05) is 12.1 Å².